The Morgan fingerprint density at radius 1 is 1.00 bits per heavy atom. The van der Waals surface area contributed by atoms with Crippen molar-refractivity contribution < 1.29 is 54.9 Å². The number of carbonyl (C=O) groups excluding carboxylic acids is 3. The van der Waals surface area contributed by atoms with Crippen molar-refractivity contribution in [2.75, 3.05) is 6.61 Å². The molecule has 0 aromatic rings. The van der Waals surface area contributed by atoms with Gasteiger partial charge in [-0.1, -0.05) is 6.58 Å². The minimum atomic E-state index is -5.81. The van der Waals surface area contributed by atoms with Crippen LogP contribution in [0, 0.1) is 17.3 Å². The van der Waals surface area contributed by atoms with Gasteiger partial charge in [0.1, 0.15) is 5.60 Å². The molecule has 2 unspecified atom stereocenters. The predicted octanol–water partition coefficient (Wildman–Crippen LogP) is 4.02. The van der Waals surface area contributed by atoms with Crippen LogP contribution in [0.3, 0.4) is 0 Å². The summed E-state index contributed by atoms with van der Waals surface area (Å²) in [5, 5.41) is 0. The molecule has 4 saturated carbocycles. The summed E-state index contributed by atoms with van der Waals surface area (Å²) in [5.74, 6) is -3.76. The van der Waals surface area contributed by atoms with Crippen LogP contribution in [-0.2, 0) is 28.6 Å². The molecule has 4 aliphatic carbocycles. The highest BCUT2D eigenvalue weighted by Crippen LogP contribution is 2.63. The number of halogens is 6. The van der Waals surface area contributed by atoms with Crippen LogP contribution in [0.15, 0.2) is 12.2 Å². The zero-order chi connectivity index (χ0) is 24.1. The number of esters is 3. The molecule has 0 aromatic carbocycles. The van der Waals surface area contributed by atoms with Crippen LogP contribution < -0.4 is 0 Å². The molecule has 4 bridgehead atoms. The van der Waals surface area contributed by atoms with Gasteiger partial charge in [0, 0.05) is 12.0 Å². The van der Waals surface area contributed by atoms with Gasteiger partial charge < -0.3 is 14.2 Å². The molecule has 4 rings (SSSR count). The molecular weight excluding hydrogens is 450 g/mol. The van der Waals surface area contributed by atoms with Crippen molar-refractivity contribution in [1.29, 1.82) is 0 Å². The molecule has 32 heavy (non-hydrogen) atoms. The van der Waals surface area contributed by atoms with E-state index in [-0.39, 0.29) is 36.7 Å². The fourth-order valence-corrected chi connectivity index (χ4v) is 5.61. The van der Waals surface area contributed by atoms with E-state index in [0.29, 0.717) is 19.3 Å². The summed E-state index contributed by atoms with van der Waals surface area (Å²) in [5.41, 5.74) is -2.78. The number of carbonyl (C=O) groups is 3. The molecule has 4 fully saturated rings. The summed E-state index contributed by atoms with van der Waals surface area (Å²) in [6, 6.07) is 0. The fraction of sp³-hybridized carbons (Fsp3) is 0.750. The average Bonchev–Trinajstić information content (AvgIpc) is 2.60. The highest BCUT2D eigenvalue weighted by atomic mass is 19.4. The molecule has 180 valence electrons. The molecule has 2 atom stereocenters. The van der Waals surface area contributed by atoms with Crippen molar-refractivity contribution in [3.63, 3.8) is 0 Å². The number of rotatable bonds is 6. The average molecular weight is 472 g/mol. The molecule has 0 heterocycles. The Morgan fingerprint density at radius 3 is 2.00 bits per heavy atom. The van der Waals surface area contributed by atoms with E-state index in [1.54, 1.807) is 0 Å². The van der Waals surface area contributed by atoms with E-state index in [0.717, 1.165) is 0 Å². The molecule has 0 amide bonds. The minimum absolute atomic E-state index is 0.0539. The first-order valence-electron chi connectivity index (χ1n) is 9.94. The Balaban J connectivity index is 1.76. The van der Waals surface area contributed by atoms with Gasteiger partial charge in [0.25, 0.3) is 6.10 Å². The van der Waals surface area contributed by atoms with E-state index < -0.39 is 54.0 Å². The zero-order valence-electron chi connectivity index (χ0n) is 17.1. The normalized spacial score (nSPS) is 31.4. The third-order valence-electron chi connectivity index (χ3n) is 6.26. The first-order chi connectivity index (χ1) is 14.6. The van der Waals surface area contributed by atoms with Crippen LogP contribution in [0.1, 0.15) is 45.4 Å². The van der Waals surface area contributed by atoms with Crippen molar-refractivity contribution in [2.24, 2.45) is 17.3 Å². The highest BCUT2D eigenvalue weighted by molar-refractivity contribution is 5.88. The van der Waals surface area contributed by atoms with E-state index in [1.807, 2.05) is 0 Å². The van der Waals surface area contributed by atoms with E-state index in [1.165, 1.54) is 6.92 Å². The molecular formula is C20H22F6O6. The van der Waals surface area contributed by atoms with Crippen LogP contribution in [0.5, 0.6) is 0 Å². The van der Waals surface area contributed by atoms with Crippen molar-refractivity contribution >= 4 is 17.9 Å². The molecule has 6 nitrogen and oxygen atoms in total. The van der Waals surface area contributed by atoms with Crippen LogP contribution in [0.4, 0.5) is 26.3 Å². The van der Waals surface area contributed by atoms with Crippen LogP contribution >= 0.6 is 0 Å². The van der Waals surface area contributed by atoms with E-state index >= 15 is 0 Å². The first kappa shape index (κ1) is 24.4. The summed E-state index contributed by atoms with van der Waals surface area (Å²) in [6.45, 7) is 4.00. The standard InChI is InChI=1S/C20H22F6O6/c1-10(2)14(28)30-8-13(27)32-18-6-11-3-12(7-18)5-17(4-11,9-18)16(29)31-15(19(21,22)23)20(24,25)26/h11-12,15H,1,3-9H2,2H3. The van der Waals surface area contributed by atoms with E-state index in [2.05, 4.69) is 11.3 Å². The van der Waals surface area contributed by atoms with Crippen LogP contribution in [0.2, 0.25) is 0 Å². The number of hydrogen-bond acceptors (Lipinski definition) is 6. The Hall–Kier alpha value is -2.27. The quantitative estimate of drug-likeness (QED) is 0.252. The Bertz CT molecular complexity index is 788. The molecule has 0 radical (unpaired) electrons. The van der Waals surface area contributed by atoms with Gasteiger partial charge in [-0.2, -0.15) is 26.3 Å². The van der Waals surface area contributed by atoms with Crippen LogP contribution in [0.25, 0.3) is 0 Å². The Kier molecular flexibility index (Phi) is 6.05. The third kappa shape index (κ3) is 4.88. The van der Waals surface area contributed by atoms with Gasteiger partial charge in [0.2, 0.25) is 0 Å². The largest absolute Gasteiger partial charge is 0.456 e. The molecule has 0 N–H and O–H groups in total. The van der Waals surface area contributed by atoms with Gasteiger partial charge in [-0.15, -0.1) is 0 Å². The minimum Gasteiger partial charge on any atom is -0.456 e. The van der Waals surface area contributed by atoms with Crippen molar-refractivity contribution in [2.45, 2.75) is 69.5 Å². The number of ether oxygens (including phenoxy) is 3. The maximum Gasteiger partial charge on any atom is 0.434 e. The lowest BCUT2D eigenvalue weighted by molar-refractivity contribution is -0.318. The van der Waals surface area contributed by atoms with Gasteiger partial charge >= 0.3 is 30.3 Å². The second-order valence-corrected chi connectivity index (χ2v) is 9.12. The Morgan fingerprint density at radius 2 is 1.53 bits per heavy atom. The molecule has 0 aliphatic heterocycles. The second-order valence-electron chi connectivity index (χ2n) is 9.12. The van der Waals surface area contributed by atoms with Crippen molar-refractivity contribution in [3.05, 3.63) is 12.2 Å². The smallest absolute Gasteiger partial charge is 0.434 e. The molecule has 0 spiro atoms. The van der Waals surface area contributed by atoms with E-state index in [9.17, 15) is 40.7 Å². The first-order valence-corrected chi connectivity index (χ1v) is 9.94. The molecule has 0 saturated heterocycles. The summed E-state index contributed by atoms with van der Waals surface area (Å²) in [7, 11) is 0. The van der Waals surface area contributed by atoms with Gasteiger partial charge in [-0.05, 0) is 50.9 Å². The summed E-state index contributed by atoms with van der Waals surface area (Å²) in [6.07, 6.45) is -14.7. The summed E-state index contributed by atoms with van der Waals surface area (Å²) in [4.78, 5) is 36.3. The van der Waals surface area contributed by atoms with Gasteiger partial charge in [0.05, 0.1) is 5.41 Å². The lowest BCUT2D eigenvalue weighted by atomic mass is 9.48. The number of alkyl halides is 6. The SMILES string of the molecule is C=C(C)C(=O)OCC(=O)OC12CC3CC(C1)CC(C(=O)OC(C(F)(F)F)C(F)(F)F)(C3)C2. The fourth-order valence-electron chi connectivity index (χ4n) is 5.61. The van der Waals surface area contributed by atoms with Gasteiger partial charge in [0.15, 0.2) is 6.61 Å². The van der Waals surface area contributed by atoms with Gasteiger partial charge in [-0.25, -0.2) is 9.59 Å². The predicted molar refractivity (Wildman–Crippen MR) is 93.7 cm³/mol. The van der Waals surface area contributed by atoms with Gasteiger partial charge in [-0.3, -0.25) is 4.79 Å². The Labute approximate surface area is 179 Å². The van der Waals surface area contributed by atoms with Crippen LogP contribution in [-0.4, -0.2) is 48.6 Å². The zero-order valence-corrected chi connectivity index (χ0v) is 17.1. The summed E-state index contributed by atoms with van der Waals surface area (Å²) >= 11 is 0. The molecule has 0 aromatic heterocycles. The molecule has 4 aliphatic rings. The topological polar surface area (TPSA) is 78.9 Å². The molecule has 12 heteroatoms. The monoisotopic (exact) mass is 472 g/mol. The van der Waals surface area contributed by atoms with Crippen molar-refractivity contribution in [3.8, 4) is 0 Å². The van der Waals surface area contributed by atoms with Crippen molar-refractivity contribution in [1.82, 2.24) is 0 Å². The summed E-state index contributed by atoms with van der Waals surface area (Å²) < 4.78 is 91.6. The maximum atomic E-state index is 12.9. The maximum absolute atomic E-state index is 12.9. The lowest BCUT2D eigenvalue weighted by Gasteiger charge is -2.59. The highest BCUT2D eigenvalue weighted by Gasteiger charge is 2.66. The third-order valence-corrected chi connectivity index (χ3v) is 6.26. The number of hydrogen-bond donors (Lipinski definition) is 0. The lowest BCUT2D eigenvalue weighted by Crippen LogP contribution is -2.61. The van der Waals surface area contributed by atoms with E-state index in [4.69, 9.17) is 9.47 Å². The second kappa shape index (κ2) is 7.95.